The summed E-state index contributed by atoms with van der Waals surface area (Å²) in [5.41, 5.74) is -3.12. The number of hydrogen-bond acceptors (Lipinski definition) is 4. The molecule has 5 nitrogen and oxygen atoms in total. The van der Waals surface area contributed by atoms with Crippen LogP contribution in [0.5, 0.6) is 0 Å². The van der Waals surface area contributed by atoms with Crippen molar-refractivity contribution in [1.82, 2.24) is 5.01 Å². The topological polar surface area (TPSA) is 76.7 Å². The molecular weight excluding hydrogens is 287 g/mol. The molecule has 2 rings (SSSR count). The van der Waals surface area contributed by atoms with Crippen LogP contribution < -0.4 is 0 Å². The second-order valence-electron chi connectivity index (χ2n) is 4.44. The summed E-state index contributed by atoms with van der Waals surface area (Å²) < 4.78 is 39.3. The monoisotopic (exact) mass is 297 g/mol. The molecule has 0 aliphatic carbocycles. The van der Waals surface area contributed by atoms with Crippen LogP contribution in [0.15, 0.2) is 35.4 Å². The van der Waals surface area contributed by atoms with Crippen LogP contribution in [0.2, 0.25) is 0 Å². The van der Waals surface area contributed by atoms with E-state index in [0.29, 0.717) is 5.56 Å². The molecule has 21 heavy (non-hydrogen) atoms. The number of benzene rings is 1. The molecule has 0 fully saturated rings. The number of carbonyl (C=O) groups excluding carboxylic acids is 1. The zero-order valence-electron chi connectivity index (χ0n) is 10.6. The summed E-state index contributed by atoms with van der Waals surface area (Å²) in [7, 11) is 0. The molecule has 0 saturated carbocycles. The fraction of sp³-hybridized carbons (Fsp3) is 0.308. The fourth-order valence-electron chi connectivity index (χ4n) is 1.96. The van der Waals surface area contributed by atoms with Crippen LogP contribution in [-0.4, -0.2) is 33.6 Å². The van der Waals surface area contributed by atoms with E-state index in [1.807, 2.05) is 0 Å². The van der Waals surface area contributed by atoms with E-state index in [2.05, 4.69) is 5.10 Å². The number of carbonyl (C=O) groups is 1. The van der Waals surface area contributed by atoms with Gasteiger partial charge in [-0.1, -0.05) is 30.3 Å². The van der Waals surface area contributed by atoms with Gasteiger partial charge in [-0.2, -0.15) is 28.5 Å². The maximum atomic E-state index is 13.1. The smallest absolute Gasteiger partial charge is 0.362 e. The lowest BCUT2D eigenvalue weighted by molar-refractivity contribution is -0.302. The van der Waals surface area contributed by atoms with Crippen molar-refractivity contribution in [3.8, 4) is 6.07 Å². The number of halogens is 3. The zero-order valence-corrected chi connectivity index (χ0v) is 10.6. The lowest BCUT2D eigenvalue weighted by Gasteiger charge is -2.32. The molecule has 0 saturated heterocycles. The second-order valence-corrected chi connectivity index (χ2v) is 4.44. The van der Waals surface area contributed by atoms with Crippen molar-refractivity contribution in [2.45, 2.75) is 24.7 Å². The molecule has 0 aromatic heterocycles. The van der Waals surface area contributed by atoms with Gasteiger partial charge in [0, 0.05) is 0 Å². The molecule has 0 radical (unpaired) electrons. The van der Waals surface area contributed by atoms with Gasteiger partial charge in [-0.15, -0.1) is 0 Å². The number of nitrogens with zero attached hydrogens (tertiary/aromatic N) is 3. The van der Waals surface area contributed by atoms with E-state index in [1.165, 1.54) is 18.2 Å². The Hall–Kier alpha value is -2.40. The van der Waals surface area contributed by atoms with Crippen molar-refractivity contribution in [3.05, 3.63) is 35.9 Å². The molecule has 110 valence electrons. The molecule has 1 aromatic carbocycles. The van der Waals surface area contributed by atoms with E-state index in [0.717, 1.165) is 0 Å². The maximum absolute atomic E-state index is 13.1. The number of aliphatic hydroxyl groups is 1. The Kier molecular flexibility index (Phi) is 3.70. The highest BCUT2D eigenvalue weighted by molar-refractivity contribution is 6.03. The van der Waals surface area contributed by atoms with Crippen molar-refractivity contribution in [3.63, 3.8) is 0 Å². The van der Waals surface area contributed by atoms with Gasteiger partial charge in [-0.05, 0) is 5.56 Å². The molecular formula is C13H10F3N3O2. The first kappa shape index (κ1) is 15.0. The Bertz CT molecular complexity index is 622. The number of amides is 1. The SMILES string of the molecule is N#CCC(=O)N1N=C(c2ccccc2)CC1(O)C(F)(F)F. The molecule has 0 bridgehead atoms. The molecule has 1 unspecified atom stereocenters. The largest absolute Gasteiger partial charge is 0.438 e. The summed E-state index contributed by atoms with van der Waals surface area (Å²) in [6.07, 6.45) is -6.76. The van der Waals surface area contributed by atoms with E-state index in [4.69, 9.17) is 5.26 Å². The van der Waals surface area contributed by atoms with Gasteiger partial charge in [0.25, 0.3) is 11.6 Å². The second kappa shape index (κ2) is 5.18. The normalized spacial score (nSPS) is 21.9. The standard InChI is InChI=1S/C13H10F3N3O2/c14-13(15,16)12(21)8-10(9-4-2-1-3-5-9)18-19(12)11(20)6-7-17/h1-5,21H,6,8H2. The lowest BCUT2D eigenvalue weighted by atomic mass is 10.0. The van der Waals surface area contributed by atoms with Crippen LogP contribution in [0.1, 0.15) is 18.4 Å². The molecule has 1 aromatic rings. The molecule has 1 aliphatic heterocycles. The highest BCUT2D eigenvalue weighted by atomic mass is 19.4. The van der Waals surface area contributed by atoms with Crippen LogP contribution in [0.4, 0.5) is 13.2 Å². The van der Waals surface area contributed by atoms with Gasteiger partial charge in [0.2, 0.25) is 0 Å². The first-order valence-electron chi connectivity index (χ1n) is 5.91. The van der Waals surface area contributed by atoms with Gasteiger partial charge in [-0.3, -0.25) is 4.79 Å². The third-order valence-corrected chi connectivity index (χ3v) is 3.01. The predicted molar refractivity (Wildman–Crippen MR) is 65.7 cm³/mol. The minimum atomic E-state index is -5.09. The maximum Gasteiger partial charge on any atom is 0.438 e. The van der Waals surface area contributed by atoms with Gasteiger partial charge in [0.15, 0.2) is 0 Å². The van der Waals surface area contributed by atoms with Crippen molar-refractivity contribution in [2.75, 3.05) is 0 Å². The van der Waals surface area contributed by atoms with Crippen LogP contribution >= 0.6 is 0 Å². The summed E-state index contributed by atoms with van der Waals surface area (Å²) in [6.45, 7) is 0. The van der Waals surface area contributed by atoms with Crippen LogP contribution in [-0.2, 0) is 4.79 Å². The van der Waals surface area contributed by atoms with Gasteiger partial charge >= 0.3 is 6.18 Å². The van der Waals surface area contributed by atoms with E-state index < -0.39 is 30.7 Å². The number of rotatable bonds is 2. The summed E-state index contributed by atoms with van der Waals surface area (Å²) in [6, 6.07) is 9.37. The fourth-order valence-corrected chi connectivity index (χ4v) is 1.96. The highest BCUT2D eigenvalue weighted by Gasteiger charge is 2.63. The molecule has 1 aliphatic rings. The van der Waals surface area contributed by atoms with Crippen molar-refractivity contribution in [2.24, 2.45) is 5.10 Å². The summed E-state index contributed by atoms with van der Waals surface area (Å²) >= 11 is 0. The van der Waals surface area contributed by atoms with Crippen LogP contribution in [0.25, 0.3) is 0 Å². The van der Waals surface area contributed by atoms with Crippen LogP contribution in [0.3, 0.4) is 0 Å². The number of alkyl halides is 3. The van der Waals surface area contributed by atoms with Crippen molar-refractivity contribution >= 4 is 11.6 Å². The zero-order chi connectivity index (χ0) is 15.7. The summed E-state index contributed by atoms with van der Waals surface area (Å²) in [5.74, 6) is -1.21. The van der Waals surface area contributed by atoms with Crippen LogP contribution in [0, 0.1) is 11.3 Å². The lowest BCUT2D eigenvalue weighted by Crippen LogP contribution is -2.56. The first-order chi connectivity index (χ1) is 9.79. The quantitative estimate of drug-likeness (QED) is 0.904. The first-order valence-corrected chi connectivity index (χ1v) is 5.91. The Labute approximate surface area is 117 Å². The predicted octanol–water partition coefficient (Wildman–Crippen LogP) is 1.79. The molecule has 1 N–H and O–H groups in total. The molecule has 1 atom stereocenters. The molecule has 8 heteroatoms. The van der Waals surface area contributed by atoms with Gasteiger partial charge in [0.1, 0.15) is 6.42 Å². The number of nitriles is 1. The van der Waals surface area contributed by atoms with Crippen molar-refractivity contribution in [1.29, 1.82) is 5.26 Å². The Morgan fingerprint density at radius 3 is 2.57 bits per heavy atom. The Morgan fingerprint density at radius 2 is 2.05 bits per heavy atom. The molecule has 1 heterocycles. The summed E-state index contributed by atoms with van der Waals surface area (Å²) in [4.78, 5) is 11.6. The molecule has 1 amide bonds. The van der Waals surface area contributed by atoms with Gasteiger partial charge in [0.05, 0.1) is 18.2 Å². The average molecular weight is 297 g/mol. The highest BCUT2D eigenvalue weighted by Crippen LogP contribution is 2.41. The van der Waals surface area contributed by atoms with Gasteiger partial charge < -0.3 is 5.11 Å². The number of hydrazone groups is 1. The van der Waals surface area contributed by atoms with Gasteiger partial charge in [-0.25, -0.2) is 0 Å². The van der Waals surface area contributed by atoms with E-state index in [1.54, 1.807) is 18.2 Å². The van der Waals surface area contributed by atoms with E-state index in [-0.39, 0.29) is 10.7 Å². The Balaban J connectivity index is 2.43. The third-order valence-electron chi connectivity index (χ3n) is 3.01. The average Bonchev–Trinajstić information content (AvgIpc) is 2.79. The van der Waals surface area contributed by atoms with E-state index >= 15 is 0 Å². The summed E-state index contributed by atoms with van der Waals surface area (Å²) in [5, 5.41) is 21.8. The van der Waals surface area contributed by atoms with Crippen molar-refractivity contribution < 1.29 is 23.1 Å². The third kappa shape index (κ3) is 2.60. The number of hydrogen-bond donors (Lipinski definition) is 1. The van der Waals surface area contributed by atoms with E-state index in [9.17, 15) is 23.1 Å². The Morgan fingerprint density at radius 1 is 1.43 bits per heavy atom. The minimum Gasteiger partial charge on any atom is -0.362 e. The molecule has 0 spiro atoms. The minimum absolute atomic E-state index is 0.0431.